The molecule has 1 fully saturated rings. The van der Waals surface area contributed by atoms with Gasteiger partial charge in [-0.1, -0.05) is 18.2 Å². The molecule has 0 radical (unpaired) electrons. The van der Waals surface area contributed by atoms with E-state index in [1.165, 1.54) is 18.9 Å². The molecular weight excluding hydrogens is 165 g/mol. The summed E-state index contributed by atoms with van der Waals surface area (Å²) in [7, 11) is 1.90. The number of halogens is 1. The second-order valence-corrected chi connectivity index (χ2v) is 3.63. The summed E-state index contributed by atoms with van der Waals surface area (Å²) >= 11 is 0. The SMILES string of the molecule is CNC(c1ccccc1F)C1CC1. The van der Waals surface area contributed by atoms with Crippen molar-refractivity contribution in [3.63, 3.8) is 0 Å². The predicted molar refractivity (Wildman–Crippen MR) is 50.9 cm³/mol. The average Bonchev–Trinajstić information content (AvgIpc) is 2.93. The first-order valence-corrected chi connectivity index (χ1v) is 4.74. The molecule has 0 amide bonds. The van der Waals surface area contributed by atoms with E-state index in [0.29, 0.717) is 5.92 Å². The fourth-order valence-corrected chi connectivity index (χ4v) is 1.80. The van der Waals surface area contributed by atoms with E-state index in [-0.39, 0.29) is 11.9 Å². The van der Waals surface area contributed by atoms with E-state index in [4.69, 9.17) is 0 Å². The second-order valence-electron chi connectivity index (χ2n) is 3.63. The highest BCUT2D eigenvalue weighted by Crippen LogP contribution is 2.41. The third-order valence-electron chi connectivity index (χ3n) is 2.64. The first kappa shape index (κ1) is 8.70. The van der Waals surface area contributed by atoms with Gasteiger partial charge in [-0.25, -0.2) is 4.39 Å². The molecule has 0 heterocycles. The highest BCUT2D eigenvalue weighted by atomic mass is 19.1. The Morgan fingerprint density at radius 3 is 2.62 bits per heavy atom. The molecule has 1 aliphatic carbocycles. The molecule has 1 N–H and O–H groups in total. The van der Waals surface area contributed by atoms with Crippen molar-refractivity contribution in [3.8, 4) is 0 Å². The molecule has 1 unspecified atom stereocenters. The normalized spacial score (nSPS) is 18.6. The van der Waals surface area contributed by atoms with Crippen LogP contribution in [0.3, 0.4) is 0 Å². The van der Waals surface area contributed by atoms with Crippen molar-refractivity contribution in [2.45, 2.75) is 18.9 Å². The van der Waals surface area contributed by atoms with Gasteiger partial charge in [0.05, 0.1) is 0 Å². The minimum absolute atomic E-state index is 0.0891. The fraction of sp³-hybridized carbons (Fsp3) is 0.455. The quantitative estimate of drug-likeness (QED) is 0.751. The van der Waals surface area contributed by atoms with E-state index < -0.39 is 0 Å². The lowest BCUT2D eigenvalue weighted by Gasteiger charge is -2.16. The zero-order chi connectivity index (χ0) is 9.26. The molecular formula is C11H14FN. The summed E-state index contributed by atoms with van der Waals surface area (Å²) in [6.07, 6.45) is 2.44. The zero-order valence-electron chi connectivity index (χ0n) is 7.76. The van der Waals surface area contributed by atoms with Crippen molar-refractivity contribution < 1.29 is 4.39 Å². The Hall–Kier alpha value is -0.890. The largest absolute Gasteiger partial charge is 0.313 e. The van der Waals surface area contributed by atoms with Gasteiger partial charge in [0.2, 0.25) is 0 Å². The molecule has 0 bridgehead atoms. The molecule has 1 nitrogen and oxygen atoms in total. The lowest BCUT2D eigenvalue weighted by Crippen LogP contribution is -2.19. The summed E-state index contributed by atoms with van der Waals surface area (Å²) in [5.74, 6) is 0.552. The van der Waals surface area contributed by atoms with Gasteiger partial charge in [0.25, 0.3) is 0 Å². The average molecular weight is 179 g/mol. The van der Waals surface area contributed by atoms with E-state index in [2.05, 4.69) is 5.32 Å². The Morgan fingerprint density at radius 2 is 2.08 bits per heavy atom. The van der Waals surface area contributed by atoms with E-state index in [9.17, 15) is 4.39 Å². The van der Waals surface area contributed by atoms with Gasteiger partial charge in [-0.15, -0.1) is 0 Å². The first-order chi connectivity index (χ1) is 6.33. The van der Waals surface area contributed by atoms with Gasteiger partial charge in [0, 0.05) is 11.6 Å². The highest BCUT2D eigenvalue weighted by molar-refractivity contribution is 5.23. The Balaban J connectivity index is 2.26. The Labute approximate surface area is 78.0 Å². The second kappa shape index (κ2) is 3.46. The van der Waals surface area contributed by atoms with Gasteiger partial charge >= 0.3 is 0 Å². The summed E-state index contributed by atoms with van der Waals surface area (Å²) in [5.41, 5.74) is 0.813. The molecule has 13 heavy (non-hydrogen) atoms. The van der Waals surface area contributed by atoms with Crippen LogP contribution >= 0.6 is 0 Å². The van der Waals surface area contributed by atoms with Gasteiger partial charge < -0.3 is 5.32 Å². The van der Waals surface area contributed by atoms with Crippen LogP contribution in [0.15, 0.2) is 24.3 Å². The van der Waals surface area contributed by atoms with E-state index in [0.717, 1.165) is 5.56 Å². The van der Waals surface area contributed by atoms with Crippen LogP contribution in [-0.4, -0.2) is 7.05 Å². The summed E-state index contributed by atoms with van der Waals surface area (Å²) in [5, 5.41) is 3.18. The predicted octanol–water partition coefficient (Wildman–Crippen LogP) is 2.50. The van der Waals surface area contributed by atoms with Crippen LogP contribution < -0.4 is 5.32 Å². The van der Waals surface area contributed by atoms with Crippen molar-refractivity contribution in [1.82, 2.24) is 5.32 Å². The zero-order valence-corrected chi connectivity index (χ0v) is 7.76. The summed E-state index contributed by atoms with van der Waals surface area (Å²) in [4.78, 5) is 0. The molecule has 1 aliphatic rings. The lowest BCUT2D eigenvalue weighted by molar-refractivity contribution is 0.492. The van der Waals surface area contributed by atoms with Crippen LogP contribution in [0.1, 0.15) is 24.4 Å². The lowest BCUT2D eigenvalue weighted by atomic mass is 10.0. The van der Waals surface area contributed by atoms with Crippen LogP contribution in [0.2, 0.25) is 0 Å². The number of hydrogen-bond acceptors (Lipinski definition) is 1. The highest BCUT2D eigenvalue weighted by Gasteiger charge is 2.32. The summed E-state index contributed by atoms with van der Waals surface area (Å²) in [6.45, 7) is 0. The fourth-order valence-electron chi connectivity index (χ4n) is 1.80. The third-order valence-corrected chi connectivity index (χ3v) is 2.64. The molecule has 1 atom stereocenters. The van der Waals surface area contributed by atoms with Crippen LogP contribution in [0.5, 0.6) is 0 Å². The number of benzene rings is 1. The van der Waals surface area contributed by atoms with Gasteiger partial charge in [-0.2, -0.15) is 0 Å². The van der Waals surface area contributed by atoms with Gasteiger partial charge in [-0.3, -0.25) is 0 Å². The first-order valence-electron chi connectivity index (χ1n) is 4.74. The van der Waals surface area contributed by atoms with Crippen LogP contribution in [0.25, 0.3) is 0 Å². The molecule has 0 aliphatic heterocycles. The van der Waals surface area contributed by atoms with Crippen molar-refractivity contribution in [2.24, 2.45) is 5.92 Å². The maximum atomic E-state index is 13.4. The number of rotatable bonds is 3. The molecule has 0 saturated heterocycles. The summed E-state index contributed by atoms with van der Waals surface area (Å²) < 4.78 is 13.4. The molecule has 2 heteroatoms. The van der Waals surface area contributed by atoms with Crippen molar-refractivity contribution in [1.29, 1.82) is 0 Å². The Morgan fingerprint density at radius 1 is 1.38 bits per heavy atom. The number of nitrogens with one attached hydrogen (secondary N) is 1. The third kappa shape index (κ3) is 1.73. The monoisotopic (exact) mass is 179 g/mol. The smallest absolute Gasteiger partial charge is 0.127 e. The van der Waals surface area contributed by atoms with Crippen LogP contribution in [-0.2, 0) is 0 Å². The topological polar surface area (TPSA) is 12.0 Å². The van der Waals surface area contributed by atoms with E-state index >= 15 is 0 Å². The van der Waals surface area contributed by atoms with Crippen molar-refractivity contribution in [3.05, 3.63) is 35.6 Å². The van der Waals surface area contributed by atoms with Gasteiger partial charge in [0.1, 0.15) is 5.82 Å². The van der Waals surface area contributed by atoms with Crippen LogP contribution in [0, 0.1) is 11.7 Å². The van der Waals surface area contributed by atoms with Gasteiger partial charge in [-0.05, 0) is 31.9 Å². The molecule has 1 aromatic rings. The number of hydrogen-bond donors (Lipinski definition) is 1. The maximum absolute atomic E-state index is 13.4. The van der Waals surface area contributed by atoms with Crippen LogP contribution in [0.4, 0.5) is 4.39 Å². The minimum Gasteiger partial charge on any atom is -0.313 e. The standard InChI is InChI=1S/C11H14FN/c1-13-11(8-6-7-8)9-4-2-3-5-10(9)12/h2-5,8,11,13H,6-7H2,1H3. The van der Waals surface area contributed by atoms with E-state index in [1.54, 1.807) is 6.07 Å². The molecule has 2 rings (SSSR count). The van der Waals surface area contributed by atoms with Gasteiger partial charge in [0.15, 0.2) is 0 Å². The minimum atomic E-state index is -0.0891. The van der Waals surface area contributed by atoms with Crippen molar-refractivity contribution >= 4 is 0 Å². The Bertz CT molecular complexity index is 294. The Kier molecular flexibility index (Phi) is 2.32. The molecule has 1 saturated carbocycles. The summed E-state index contributed by atoms with van der Waals surface area (Å²) in [6, 6.07) is 7.24. The van der Waals surface area contributed by atoms with Crippen molar-refractivity contribution in [2.75, 3.05) is 7.05 Å². The molecule has 0 spiro atoms. The molecule has 1 aromatic carbocycles. The molecule has 70 valence electrons. The maximum Gasteiger partial charge on any atom is 0.127 e. The molecule has 0 aromatic heterocycles. The van der Waals surface area contributed by atoms with E-state index in [1.807, 2.05) is 19.2 Å².